The normalized spacial score (nSPS) is 25.7. The van der Waals surface area contributed by atoms with Crippen molar-refractivity contribution < 1.29 is 14.3 Å². The average molecular weight is 384 g/mol. The van der Waals surface area contributed by atoms with Gasteiger partial charge in [0, 0.05) is 24.9 Å². The van der Waals surface area contributed by atoms with E-state index in [1.54, 1.807) is 0 Å². The number of aromatic amines is 1. The van der Waals surface area contributed by atoms with Crippen molar-refractivity contribution in [2.75, 3.05) is 18.0 Å². The molecule has 0 bridgehead atoms. The van der Waals surface area contributed by atoms with E-state index < -0.39 is 11.7 Å². The summed E-state index contributed by atoms with van der Waals surface area (Å²) in [5, 5.41) is 8.96. The molecule has 2 heterocycles. The predicted octanol–water partition coefficient (Wildman–Crippen LogP) is 0.772. The minimum Gasteiger partial charge on any atom is -0.444 e. The molecule has 4 N–H and O–H groups in total. The zero-order valence-electron chi connectivity index (χ0n) is 14.2. The largest absolute Gasteiger partial charge is 0.444 e. The maximum atomic E-state index is 12.1. The van der Waals surface area contributed by atoms with Crippen LogP contribution in [0.2, 0.25) is 5.02 Å². The topological polar surface area (TPSA) is 130 Å². The van der Waals surface area contributed by atoms with Gasteiger partial charge >= 0.3 is 6.09 Å². The van der Waals surface area contributed by atoms with Crippen molar-refractivity contribution in [2.45, 2.75) is 44.2 Å². The van der Waals surface area contributed by atoms with Crippen LogP contribution in [0.1, 0.15) is 32.1 Å². The molecule has 1 atom stereocenters. The molecule has 1 saturated carbocycles. The van der Waals surface area contributed by atoms with Crippen molar-refractivity contribution in [3.63, 3.8) is 0 Å². The third-order valence-corrected chi connectivity index (χ3v) is 5.35. The van der Waals surface area contributed by atoms with Gasteiger partial charge in [0.05, 0.1) is 18.4 Å². The van der Waals surface area contributed by atoms with Gasteiger partial charge in [-0.2, -0.15) is 5.10 Å². The molecule has 1 aromatic heterocycles. The maximum Gasteiger partial charge on any atom is 0.407 e. The molecule has 0 spiro atoms. The Morgan fingerprint density at radius 2 is 2.04 bits per heavy atom. The Kier molecular flexibility index (Phi) is 5.65. The number of nitrogens with zero attached hydrogens (tertiary/aromatic N) is 2. The van der Waals surface area contributed by atoms with Crippen LogP contribution in [0.15, 0.2) is 11.0 Å². The molecule has 1 aliphatic carbocycles. The minimum atomic E-state index is -0.463. The first kappa shape index (κ1) is 18.5. The van der Waals surface area contributed by atoms with E-state index in [-0.39, 0.29) is 29.0 Å². The van der Waals surface area contributed by atoms with Crippen LogP contribution in [0.4, 0.5) is 10.5 Å². The maximum absolute atomic E-state index is 12.1. The number of H-pyrrole nitrogens is 1. The molecule has 26 heavy (non-hydrogen) atoms. The number of rotatable bonds is 4. The molecular weight excluding hydrogens is 362 g/mol. The van der Waals surface area contributed by atoms with Gasteiger partial charge in [0.15, 0.2) is 0 Å². The molecule has 9 nitrogen and oxygen atoms in total. The van der Waals surface area contributed by atoms with Crippen LogP contribution < -0.4 is 21.5 Å². The molecule has 1 aromatic rings. The summed E-state index contributed by atoms with van der Waals surface area (Å²) in [7, 11) is 0. The number of nitrogens with two attached hydrogens (primary N) is 1. The summed E-state index contributed by atoms with van der Waals surface area (Å²) in [6.45, 7) is 1.07. The van der Waals surface area contributed by atoms with Crippen LogP contribution in [0.5, 0.6) is 0 Å². The molecule has 1 aliphatic heterocycles. The smallest absolute Gasteiger partial charge is 0.407 e. The number of halogens is 1. The molecule has 0 unspecified atom stereocenters. The fourth-order valence-electron chi connectivity index (χ4n) is 3.51. The van der Waals surface area contributed by atoms with Gasteiger partial charge < -0.3 is 20.7 Å². The second-order valence-electron chi connectivity index (χ2n) is 6.76. The lowest BCUT2D eigenvalue weighted by Gasteiger charge is -2.27. The molecule has 2 aliphatic rings. The fourth-order valence-corrected chi connectivity index (χ4v) is 3.72. The fraction of sp³-hybridized carbons (Fsp3) is 0.625. The number of anilines is 1. The number of ether oxygens (including phenoxy) is 1. The van der Waals surface area contributed by atoms with Crippen LogP contribution >= 0.6 is 11.6 Å². The van der Waals surface area contributed by atoms with Crippen LogP contribution in [-0.4, -0.2) is 47.4 Å². The standard InChI is InChI=1S/C16H22ClN5O4/c17-13-12(7-19-21-15(13)24)22-6-5-11(8-22)26-16(25)20-10-3-1-9(2-4-10)14(18)23/h7,9-11H,1-6,8H2,(H2,18,23)(H,20,25)(H,21,24)/t9-,10+,11-/m1/s1. The monoisotopic (exact) mass is 383 g/mol. The van der Waals surface area contributed by atoms with Gasteiger partial charge in [0.25, 0.3) is 5.56 Å². The Hall–Kier alpha value is -2.29. The molecule has 142 valence electrons. The van der Waals surface area contributed by atoms with Crippen LogP contribution in [0.25, 0.3) is 0 Å². The highest BCUT2D eigenvalue weighted by molar-refractivity contribution is 6.33. The number of hydrogen-bond acceptors (Lipinski definition) is 6. The molecule has 3 rings (SSSR count). The first-order valence-electron chi connectivity index (χ1n) is 8.68. The van der Waals surface area contributed by atoms with Crippen molar-refractivity contribution in [3.05, 3.63) is 21.6 Å². The molecule has 2 fully saturated rings. The third kappa shape index (κ3) is 4.27. The highest BCUT2D eigenvalue weighted by Crippen LogP contribution is 2.26. The van der Waals surface area contributed by atoms with E-state index in [4.69, 9.17) is 22.1 Å². The summed E-state index contributed by atoms with van der Waals surface area (Å²) in [6.07, 6.45) is 4.19. The second kappa shape index (κ2) is 7.94. The lowest BCUT2D eigenvalue weighted by molar-refractivity contribution is -0.122. The van der Waals surface area contributed by atoms with Crippen molar-refractivity contribution in [3.8, 4) is 0 Å². The molecule has 0 radical (unpaired) electrons. The molecular formula is C16H22ClN5O4. The third-order valence-electron chi connectivity index (χ3n) is 4.99. The zero-order chi connectivity index (χ0) is 18.7. The molecule has 0 aromatic carbocycles. The first-order chi connectivity index (χ1) is 12.4. The van der Waals surface area contributed by atoms with E-state index in [0.717, 1.165) is 0 Å². The van der Waals surface area contributed by atoms with Crippen LogP contribution in [0, 0.1) is 5.92 Å². The van der Waals surface area contributed by atoms with Gasteiger partial charge in [-0.1, -0.05) is 11.6 Å². The molecule has 10 heteroatoms. The Morgan fingerprint density at radius 1 is 1.31 bits per heavy atom. The highest BCUT2D eigenvalue weighted by Gasteiger charge is 2.30. The predicted molar refractivity (Wildman–Crippen MR) is 95.0 cm³/mol. The number of hydrogen-bond donors (Lipinski definition) is 3. The van der Waals surface area contributed by atoms with Crippen molar-refractivity contribution in [1.29, 1.82) is 0 Å². The molecule has 1 saturated heterocycles. The summed E-state index contributed by atoms with van der Waals surface area (Å²) >= 11 is 6.01. The quantitative estimate of drug-likeness (QED) is 0.704. The summed E-state index contributed by atoms with van der Waals surface area (Å²) in [6, 6.07) is 0.00179. The summed E-state index contributed by atoms with van der Waals surface area (Å²) < 4.78 is 5.48. The van der Waals surface area contributed by atoms with Gasteiger partial charge in [-0.15, -0.1) is 0 Å². The number of carbonyl (C=O) groups is 2. The van der Waals surface area contributed by atoms with Crippen LogP contribution in [0.3, 0.4) is 0 Å². The number of carbonyl (C=O) groups excluding carboxylic acids is 2. The Labute approximate surface area is 155 Å². The van der Waals surface area contributed by atoms with E-state index >= 15 is 0 Å². The van der Waals surface area contributed by atoms with Crippen molar-refractivity contribution in [1.82, 2.24) is 15.5 Å². The van der Waals surface area contributed by atoms with E-state index in [1.165, 1.54) is 6.20 Å². The Bertz CT molecular complexity index is 732. The van der Waals surface area contributed by atoms with Crippen molar-refractivity contribution >= 4 is 29.3 Å². The van der Waals surface area contributed by atoms with Gasteiger partial charge in [-0.25, -0.2) is 9.89 Å². The number of nitrogens with one attached hydrogen (secondary N) is 2. The van der Waals surface area contributed by atoms with E-state index in [0.29, 0.717) is 50.9 Å². The van der Waals surface area contributed by atoms with Crippen LogP contribution in [-0.2, 0) is 9.53 Å². The van der Waals surface area contributed by atoms with E-state index in [9.17, 15) is 14.4 Å². The average Bonchev–Trinajstić information content (AvgIpc) is 3.05. The number of amides is 2. The summed E-state index contributed by atoms with van der Waals surface area (Å²) in [4.78, 5) is 36.7. The Balaban J connectivity index is 1.47. The van der Waals surface area contributed by atoms with Crippen molar-refractivity contribution in [2.24, 2.45) is 11.7 Å². The lowest BCUT2D eigenvalue weighted by Crippen LogP contribution is -2.41. The SMILES string of the molecule is NC(=O)[C@H]1CC[C@@H](NC(=O)O[C@@H]2CCN(c3cn[nH]c(=O)c3Cl)C2)CC1. The number of alkyl carbamates (subject to hydrolysis) is 1. The second-order valence-corrected chi connectivity index (χ2v) is 7.13. The molecule has 2 amide bonds. The minimum absolute atomic E-state index is 0.00179. The highest BCUT2D eigenvalue weighted by atomic mass is 35.5. The van der Waals surface area contributed by atoms with Gasteiger partial charge in [0.2, 0.25) is 5.91 Å². The number of primary amides is 1. The van der Waals surface area contributed by atoms with Gasteiger partial charge in [0.1, 0.15) is 11.1 Å². The van der Waals surface area contributed by atoms with E-state index in [2.05, 4.69) is 15.5 Å². The first-order valence-corrected chi connectivity index (χ1v) is 9.06. The summed E-state index contributed by atoms with van der Waals surface area (Å²) in [5.41, 5.74) is 5.40. The number of aromatic nitrogens is 2. The summed E-state index contributed by atoms with van der Waals surface area (Å²) in [5.74, 6) is -0.371. The lowest BCUT2D eigenvalue weighted by atomic mass is 9.86. The zero-order valence-corrected chi connectivity index (χ0v) is 15.0. The Morgan fingerprint density at radius 3 is 2.73 bits per heavy atom. The van der Waals surface area contributed by atoms with Gasteiger partial charge in [-0.3, -0.25) is 9.59 Å². The van der Waals surface area contributed by atoms with Gasteiger partial charge in [-0.05, 0) is 25.7 Å². The van der Waals surface area contributed by atoms with E-state index in [1.807, 2.05) is 4.90 Å².